The Morgan fingerprint density at radius 3 is 1.55 bits per heavy atom. The molecule has 1 nitrogen and oxygen atoms in total. The van der Waals surface area contributed by atoms with Gasteiger partial charge in [-0.3, -0.25) is 0 Å². The van der Waals surface area contributed by atoms with E-state index in [-0.39, 0.29) is 5.92 Å². The Kier molecular flexibility index (Phi) is 9.71. The van der Waals surface area contributed by atoms with Crippen LogP contribution < -0.4 is 4.90 Å². The lowest BCUT2D eigenvalue weighted by atomic mass is 9.80. The van der Waals surface area contributed by atoms with Crippen molar-refractivity contribution in [3.63, 3.8) is 0 Å². The molecule has 278 valence electrons. The lowest BCUT2D eigenvalue weighted by Crippen LogP contribution is -2.15. The second-order valence-electron chi connectivity index (χ2n) is 15.5. The normalized spacial score (nSPS) is 14.5. The maximum Gasteiger partial charge on any atom is 0.0461 e. The van der Waals surface area contributed by atoms with Crippen molar-refractivity contribution in [1.82, 2.24) is 0 Å². The summed E-state index contributed by atoms with van der Waals surface area (Å²) in [6, 6.07) is 73.4. The summed E-state index contributed by atoms with van der Waals surface area (Å²) in [5.74, 6) is 0.263. The lowest BCUT2D eigenvalue weighted by Gasteiger charge is -2.27. The minimum Gasteiger partial charge on any atom is -0.311 e. The van der Waals surface area contributed by atoms with Gasteiger partial charge >= 0.3 is 0 Å². The van der Waals surface area contributed by atoms with E-state index in [0.717, 1.165) is 37.1 Å². The van der Waals surface area contributed by atoms with Gasteiger partial charge in [-0.05, 0) is 134 Å². The van der Waals surface area contributed by atoms with Gasteiger partial charge in [0.1, 0.15) is 0 Å². The fourth-order valence-electron chi connectivity index (χ4n) is 9.01. The molecule has 0 fully saturated rings. The zero-order chi connectivity index (χ0) is 38.7. The standard InChI is InChI=1S/C57H45N/c1-4-14-41(15-5-1)45-27-33-52(34-28-45)58(53-35-29-46(30-36-53)42-16-6-2-7-17-42)51-22-12-21-44(26-32-51)49-38-48(43-18-8-3-9-19-43)39-50(40-49)55-24-13-25-56-54-23-11-10-20-47(54)31-37-57(55)56/h1-11,13-20,22-30,32-36,38-40,44H,12,21,31,37H2. The molecular weight excluding hydrogens is 699 g/mol. The Balaban J connectivity index is 1.03. The summed E-state index contributed by atoms with van der Waals surface area (Å²) < 4.78 is 0. The molecule has 0 amide bonds. The van der Waals surface area contributed by atoms with Gasteiger partial charge in [-0.2, -0.15) is 0 Å². The summed E-state index contributed by atoms with van der Waals surface area (Å²) in [7, 11) is 0. The molecule has 2 aliphatic carbocycles. The molecule has 8 aromatic rings. The van der Waals surface area contributed by atoms with Crippen LogP contribution in [0.4, 0.5) is 11.4 Å². The van der Waals surface area contributed by atoms with Crippen LogP contribution >= 0.6 is 0 Å². The van der Waals surface area contributed by atoms with Gasteiger partial charge in [-0.25, -0.2) is 0 Å². The van der Waals surface area contributed by atoms with E-state index < -0.39 is 0 Å². The maximum atomic E-state index is 2.48. The van der Waals surface area contributed by atoms with Gasteiger partial charge in [0.05, 0.1) is 0 Å². The SMILES string of the molecule is C1=CC(c2cc(-c3ccccc3)cc(-c3cccc4c3CCc3ccccc3-4)c2)CCC=C1N(c1ccc(-c2ccccc2)cc1)c1ccc(-c2ccccc2)cc1. The smallest absolute Gasteiger partial charge is 0.0461 e. The van der Waals surface area contributed by atoms with E-state index in [4.69, 9.17) is 0 Å². The van der Waals surface area contributed by atoms with E-state index in [0.29, 0.717) is 0 Å². The first-order chi connectivity index (χ1) is 28.7. The molecule has 0 aromatic heterocycles. The largest absolute Gasteiger partial charge is 0.311 e. The van der Waals surface area contributed by atoms with Crippen molar-refractivity contribution >= 4 is 11.4 Å². The maximum absolute atomic E-state index is 2.48. The van der Waals surface area contributed by atoms with Crippen molar-refractivity contribution < 1.29 is 0 Å². The zero-order valence-electron chi connectivity index (χ0n) is 32.6. The van der Waals surface area contributed by atoms with Crippen LogP contribution in [0.1, 0.15) is 35.4 Å². The Bertz CT molecular complexity index is 2660. The Labute approximate surface area is 342 Å². The molecule has 2 aliphatic rings. The van der Waals surface area contributed by atoms with Crippen molar-refractivity contribution in [1.29, 1.82) is 0 Å². The van der Waals surface area contributed by atoms with E-state index in [2.05, 4.69) is 223 Å². The number of hydrogen-bond donors (Lipinski definition) is 0. The third kappa shape index (κ3) is 7.12. The van der Waals surface area contributed by atoms with Crippen LogP contribution in [0.3, 0.4) is 0 Å². The molecule has 0 N–H and O–H groups in total. The van der Waals surface area contributed by atoms with Gasteiger partial charge in [0.15, 0.2) is 0 Å². The zero-order valence-corrected chi connectivity index (χ0v) is 32.6. The first-order valence-corrected chi connectivity index (χ1v) is 20.7. The van der Waals surface area contributed by atoms with Crippen LogP contribution in [0.2, 0.25) is 0 Å². The van der Waals surface area contributed by atoms with Gasteiger partial charge < -0.3 is 4.90 Å². The summed E-state index contributed by atoms with van der Waals surface area (Å²) in [6.07, 6.45) is 11.4. The van der Waals surface area contributed by atoms with Gasteiger partial charge in [-0.1, -0.05) is 182 Å². The van der Waals surface area contributed by atoms with Crippen molar-refractivity contribution in [3.8, 4) is 55.6 Å². The summed E-state index contributed by atoms with van der Waals surface area (Å²) >= 11 is 0. The van der Waals surface area contributed by atoms with Crippen molar-refractivity contribution in [2.75, 3.05) is 4.90 Å². The first kappa shape index (κ1) is 35.5. The molecule has 0 spiro atoms. The molecule has 0 bridgehead atoms. The molecule has 1 unspecified atom stereocenters. The number of aryl methyl sites for hydroxylation is 1. The number of allylic oxidation sites excluding steroid dienone is 3. The van der Waals surface area contributed by atoms with E-state index >= 15 is 0 Å². The fourth-order valence-corrected chi connectivity index (χ4v) is 9.01. The average molecular weight is 744 g/mol. The predicted octanol–water partition coefficient (Wildman–Crippen LogP) is 15.3. The molecule has 0 saturated carbocycles. The third-order valence-corrected chi connectivity index (χ3v) is 12.0. The monoisotopic (exact) mass is 743 g/mol. The van der Waals surface area contributed by atoms with Crippen molar-refractivity contribution in [3.05, 3.63) is 241 Å². The first-order valence-electron chi connectivity index (χ1n) is 20.7. The quantitative estimate of drug-likeness (QED) is 0.150. The highest BCUT2D eigenvalue weighted by Crippen LogP contribution is 2.42. The highest BCUT2D eigenvalue weighted by Gasteiger charge is 2.22. The number of fused-ring (bicyclic) bond motifs is 3. The molecule has 0 radical (unpaired) electrons. The topological polar surface area (TPSA) is 3.24 Å². The Morgan fingerprint density at radius 1 is 0.397 bits per heavy atom. The molecule has 10 rings (SSSR count). The third-order valence-electron chi connectivity index (χ3n) is 12.0. The highest BCUT2D eigenvalue weighted by atomic mass is 15.1. The van der Waals surface area contributed by atoms with Crippen LogP contribution in [0, 0.1) is 0 Å². The fraction of sp³-hybridized carbons (Fsp3) is 0.0877. The highest BCUT2D eigenvalue weighted by molar-refractivity contribution is 5.84. The second kappa shape index (κ2) is 15.9. The predicted molar refractivity (Wildman–Crippen MR) is 245 cm³/mol. The van der Waals surface area contributed by atoms with Crippen LogP contribution in [0.15, 0.2) is 224 Å². The molecule has 1 atom stereocenters. The van der Waals surface area contributed by atoms with Gasteiger partial charge in [-0.15, -0.1) is 0 Å². The van der Waals surface area contributed by atoms with Crippen LogP contribution in [0.25, 0.3) is 55.6 Å². The number of hydrogen-bond acceptors (Lipinski definition) is 1. The second-order valence-corrected chi connectivity index (χ2v) is 15.5. The van der Waals surface area contributed by atoms with E-state index in [9.17, 15) is 0 Å². The summed E-state index contributed by atoms with van der Waals surface area (Å²) in [6.45, 7) is 0. The van der Waals surface area contributed by atoms with Crippen molar-refractivity contribution in [2.24, 2.45) is 0 Å². The van der Waals surface area contributed by atoms with Gasteiger partial charge in [0.2, 0.25) is 0 Å². The number of nitrogens with zero attached hydrogens (tertiary/aromatic N) is 1. The number of anilines is 2. The minimum atomic E-state index is 0.263. The Hall–Kier alpha value is -6.96. The summed E-state index contributed by atoms with van der Waals surface area (Å²) in [5, 5.41) is 0. The van der Waals surface area contributed by atoms with Crippen LogP contribution in [0.5, 0.6) is 0 Å². The van der Waals surface area contributed by atoms with E-state index in [1.54, 1.807) is 0 Å². The average Bonchev–Trinajstić information content (AvgIpc) is 3.56. The molecule has 8 aromatic carbocycles. The molecule has 0 saturated heterocycles. The van der Waals surface area contributed by atoms with Gasteiger partial charge in [0, 0.05) is 23.0 Å². The lowest BCUT2D eigenvalue weighted by molar-refractivity contribution is 0.756. The minimum absolute atomic E-state index is 0.263. The summed E-state index contributed by atoms with van der Waals surface area (Å²) in [5.41, 5.74) is 20.6. The van der Waals surface area contributed by atoms with Crippen LogP contribution in [-0.4, -0.2) is 0 Å². The molecule has 0 heterocycles. The molecular formula is C57H45N. The van der Waals surface area contributed by atoms with E-state index in [1.807, 2.05) is 0 Å². The molecule has 1 heteroatoms. The van der Waals surface area contributed by atoms with Crippen LogP contribution in [-0.2, 0) is 12.8 Å². The van der Waals surface area contributed by atoms with Crippen molar-refractivity contribution in [2.45, 2.75) is 31.6 Å². The van der Waals surface area contributed by atoms with Gasteiger partial charge in [0.25, 0.3) is 0 Å². The molecule has 58 heavy (non-hydrogen) atoms. The number of rotatable bonds is 8. The Morgan fingerprint density at radius 2 is 0.914 bits per heavy atom. The molecule has 0 aliphatic heterocycles. The number of benzene rings is 8. The summed E-state index contributed by atoms with van der Waals surface area (Å²) in [4.78, 5) is 2.42. The van der Waals surface area contributed by atoms with E-state index in [1.165, 1.54) is 78.0 Å².